The molecule has 2 rings (SSSR count). The van der Waals surface area contributed by atoms with Crippen molar-refractivity contribution in [1.29, 1.82) is 0 Å². The summed E-state index contributed by atoms with van der Waals surface area (Å²) in [5, 5.41) is 3.27. The van der Waals surface area contributed by atoms with Gasteiger partial charge in [0.25, 0.3) is 0 Å². The Hall–Kier alpha value is -2.14. The van der Waals surface area contributed by atoms with Gasteiger partial charge in [-0.3, -0.25) is 4.79 Å². The number of esters is 1. The average molecular weight is 278 g/mol. The Labute approximate surface area is 115 Å². The van der Waals surface area contributed by atoms with Gasteiger partial charge in [-0.1, -0.05) is 12.1 Å². The van der Waals surface area contributed by atoms with Crippen molar-refractivity contribution < 1.29 is 9.53 Å². The molecule has 0 aliphatic heterocycles. The standard InChI is InChI=1S/C13H12ClN3O2/c1-19-12(18)8-9-2-4-10(5-3-9)16-11-6-7-15-13(14)17-11/h2-7H,8H2,1H3,(H,15,16,17). The van der Waals surface area contributed by atoms with Gasteiger partial charge in [-0.05, 0) is 35.4 Å². The maximum absolute atomic E-state index is 11.1. The molecule has 1 aromatic heterocycles. The van der Waals surface area contributed by atoms with Crippen LogP contribution in [-0.4, -0.2) is 23.0 Å². The van der Waals surface area contributed by atoms with Gasteiger partial charge < -0.3 is 10.1 Å². The first kappa shape index (κ1) is 13.3. The lowest BCUT2D eigenvalue weighted by atomic mass is 10.1. The molecule has 1 N–H and O–H groups in total. The number of ether oxygens (including phenoxy) is 1. The molecule has 6 heteroatoms. The van der Waals surface area contributed by atoms with Crippen molar-refractivity contribution in [2.75, 3.05) is 12.4 Å². The number of carbonyl (C=O) groups is 1. The quantitative estimate of drug-likeness (QED) is 0.687. The summed E-state index contributed by atoms with van der Waals surface area (Å²) in [5.41, 5.74) is 1.74. The molecule has 0 radical (unpaired) electrons. The van der Waals surface area contributed by atoms with E-state index in [-0.39, 0.29) is 17.7 Å². The maximum atomic E-state index is 11.1. The van der Waals surface area contributed by atoms with Crippen molar-refractivity contribution in [2.24, 2.45) is 0 Å². The highest BCUT2D eigenvalue weighted by Gasteiger charge is 2.03. The van der Waals surface area contributed by atoms with Crippen LogP contribution in [0, 0.1) is 0 Å². The molecule has 5 nitrogen and oxygen atoms in total. The second kappa shape index (κ2) is 6.15. The third kappa shape index (κ3) is 3.93. The van der Waals surface area contributed by atoms with Gasteiger partial charge in [0.2, 0.25) is 5.28 Å². The van der Waals surface area contributed by atoms with Gasteiger partial charge in [0.05, 0.1) is 13.5 Å². The topological polar surface area (TPSA) is 64.1 Å². The maximum Gasteiger partial charge on any atom is 0.309 e. The molecule has 1 aromatic carbocycles. The van der Waals surface area contributed by atoms with Crippen molar-refractivity contribution in [1.82, 2.24) is 9.97 Å². The van der Waals surface area contributed by atoms with E-state index >= 15 is 0 Å². The number of hydrogen-bond donors (Lipinski definition) is 1. The largest absolute Gasteiger partial charge is 0.469 e. The molecule has 0 unspecified atom stereocenters. The number of aromatic nitrogens is 2. The van der Waals surface area contributed by atoms with Crippen molar-refractivity contribution >= 4 is 29.1 Å². The van der Waals surface area contributed by atoms with Crippen LogP contribution in [0.5, 0.6) is 0 Å². The molecular formula is C13H12ClN3O2. The predicted octanol–water partition coefficient (Wildman–Crippen LogP) is 2.59. The molecule has 19 heavy (non-hydrogen) atoms. The van der Waals surface area contributed by atoms with E-state index in [4.69, 9.17) is 11.6 Å². The van der Waals surface area contributed by atoms with Crippen LogP contribution in [0.25, 0.3) is 0 Å². The summed E-state index contributed by atoms with van der Waals surface area (Å²) in [4.78, 5) is 18.9. The fourth-order valence-corrected chi connectivity index (χ4v) is 1.64. The molecule has 0 aliphatic carbocycles. The molecule has 0 atom stereocenters. The lowest BCUT2D eigenvalue weighted by Crippen LogP contribution is -2.04. The summed E-state index contributed by atoms with van der Waals surface area (Å²) >= 11 is 5.70. The fraction of sp³-hybridized carbons (Fsp3) is 0.154. The third-order valence-corrected chi connectivity index (χ3v) is 2.61. The van der Waals surface area contributed by atoms with E-state index in [1.54, 1.807) is 12.3 Å². The van der Waals surface area contributed by atoms with Crippen molar-refractivity contribution in [2.45, 2.75) is 6.42 Å². The van der Waals surface area contributed by atoms with Crippen LogP contribution < -0.4 is 5.32 Å². The Balaban J connectivity index is 2.04. The van der Waals surface area contributed by atoms with E-state index in [1.165, 1.54) is 7.11 Å². The molecule has 0 saturated carbocycles. The second-order valence-electron chi connectivity index (χ2n) is 3.79. The van der Waals surface area contributed by atoms with Gasteiger partial charge in [-0.25, -0.2) is 9.97 Å². The lowest BCUT2D eigenvalue weighted by molar-refractivity contribution is -0.139. The first-order valence-electron chi connectivity index (χ1n) is 5.58. The summed E-state index contributed by atoms with van der Waals surface area (Å²) in [6.07, 6.45) is 1.83. The van der Waals surface area contributed by atoms with Gasteiger partial charge in [0.15, 0.2) is 0 Å². The predicted molar refractivity (Wildman–Crippen MR) is 72.5 cm³/mol. The number of halogens is 1. The number of rotatable bonds is 4. The number of benzene rings is 1. The van der Waals surface area contributed by atoms with Gasteiger partial charge in [-0.15, -0.1) is 0 Å². The molecule has 1 heterocycles. The first-order valence-corrected chi connectivity index (χ1v) is 5.96. The van der Waals surface area contributed by atoms with E-state index in [2.05, 4.69) is 20.0 Å². The first-order chi connectivity index (χ1) is 9.17. The van der Waals surface area contributed by atoms with Crippen LogP contribution >= 0.6 is 11.6 Å². The number of carbonyl (C=O) groups excluding carboxylic acids is 1. The zero-order valence-corrected chi connectivity index (χ0v) is 11.0. The third-order valence-electron chi connectivity index (χ3n) is 2.43. The van der Waals surface area contributed by atoms with Gasteiger partial charge >= 0.3 is 5.97 Å². The van der Waals surface area contributed by atoms with E-state index in [1.807, 2.05) is 24.3 Å². The summed E-state index contributed by atoms with van der Waals surface area (Å²) in [5.74, 6) is 0.351. The highest BCUT2D eigenvalue weighted by molar-refractivity contribution is 6.28. The summed E-state index contributed by atoms with van der Waals surface area (Å²) in [7, 11) is 1.37. The zero-order chi connectivity index (χ0) is 13.7. The Morgan fingerprint density at radius 3 is 2.68 bits per heavy atom. The van der Waals surface area contributed by atoms with Gasteiger partial charge in [0.1, 0.15) is 5.82 Å². The number of anilines is 2. The van der Waals surface area contributed by atoms with E-state index in [0.29, 0.717) is 5.82 Å². The van der Waals surface area contributed by atoms with Gasteiger partial charge in [0, 0.05) is 11.9 Å². The molecule has 0 bridgehead atoms. The summed E-state index contributed by atoms with van der Waals surface area (Å²) in [6.45, 7) is 0. The van der Waals surface area contributed by atoms with Crippen LogP contribution in [-0.2, 0) is 16.0 Å². The zero-order valence-electron chi connectivity index (χ0n) is 10.3. The molecule has 0 amide bonds. The highest BCUT2D eigenvalue weighted by atomic mass is 35.5. The second-order valence-corrected chi connectivity index (χ2v) is 4.12. The number of hydrogen-bond acceptors (Lipinski definition) is 5. The molecular weight excluding hydrogens is 266 g/mol. The van der Waals surface area contributed by atoms with E-state index in [9.17, 15) is 4.79 Å². The molecule has 0 spiro atoms. The molecule has 2 aromatic rings. The smallest absolute Gasteiger partial charge is 0.309 e. The van der Waals surface area contributed by atoms with Crippen LogP contribution in [0.1, 0.15) is 5.56 Å². The number of methoxy groups -OCH3 is 1. The molecule has 0 aliphatic rings. The van der Waals surface area contributed by atoms with Crippen LogP contribution in [0.3, 0.4) is 0 Å². The summed E-state index contributed by atoms with van der Waals surface area (Å²) in [6, 6.07) is 9.13. The summed E-state index contributed by atoms with van der Waals surface area (Å²) < 4.78 is 4.61. The minimum Gasteiger partial charge on any atom is -0.469 e. The Kier molecular flexibility index (Phi) is 4.30. The monoisotopic (exact) mass is 277 g/mol. The minimum atomic E-state index is -0.261. The van der Waals surface area contributed by atoms with Crippen LogP contribution in [0.2, 0.25) is 5.28 Å². The number of nitrogens with one attached hydrogen (secondary N) is 1. The Morgan fingerprint density at radius 2 is 2.05 bits per heavy atom. The minimum absolute atomic E-state index is 0.187. The van der Waals surface area contributed by atoms with E-state index < -0.39 is 0 Å². The van der Waals surface area contributed by atoms with E-state index in [0.717, 1.165) is 11.3 Å². The van der Waals surface area contributed by atoms with Crippen molar-refractivity contribution in [3.05, 3.63) is 47.4 Å². The molecule has 98 valence electrons. The molecule has 0 saturated heterocycles. The van der Waals surface area contributed by atoms with Crippen LogP contribution in [0.15, 0.2) is 36.5 Å². The van der Waals surface area contributed by atoms with Crippen molar-refractivity contribution in [3.63, 3.8) is 0 Å². The average Bonchev–Trinajstić information content (AvgIpc) is 2.41. The lowest BCUT2D eigenvalue weighted by Gasteiger charge is -2.06. The fourth-order valence-electron chi connectivity index (χ4n) is 1.50. The van der Waals surface area contributed by atoms with Crippen LogP contribution in [0.4, 0.5) is 11.5 Å². The highest BCUT2D eigenvalue weighted by Crippen LogP contribution is 2.16. The number of nitrogens with zero attached hydrogens (tertiary/aromatic N) is 2. The van der Waals surface area contributed by atoms with Crippen molar-refractivity contribution in [3.8, 4) is 0 Å². The Morgan fingerprint density at radius 1 is 1.32 bits per heavy atom. The SMILES string of the molecule is COC(=O)Cc1ccc(Nc2ccnc(Cl)n2)cc1. The van der Waals surface area contributed by atoms with Gasteiger partial charge in [-0.2, -0.15) is 0 Å². The molecule has 0 fully saturated rings. The normalized spacial score (nSPS) is 10.0. The Bertz CT molecular complexity index is 572.